The number of benzene rings is 1. The Labute approximate surface area is 79.8 Å². The molecule has 68 valence electrons. The summed E-state index contributed by atoms with van der Waals surface area (Å²) in [5.41, 5.74) is 4.34. The molecule has 0 fully saturated rings. The Morgan fingerprint density at radius 1 is 1.23 bits per heavy atom. The Bertz CT molecular complexity index is 348. The predicted octanol–water partition coefficient (Wildman–Crippen LogP) is 3.34. The number of hydrogen-bond acceptors (Lipinski definition) is 1. The third kappa shape index (κ3) is 2.55. The molecular weight excluding hydrogens is 158 g/mol. The highest BCUT2D eigenvalue weighted by molar-refractivity contribution is 6.00. The van der Waals surface area contributed by atoms with Crippen LogP contribution in [0.2, 0.25) is 0 Å². The molecule has 0 N–H and O–H groups in total. The van der Waals surface area contributed by atoms with Gasteiger partial charge in [-0.15, -0.1) is 0 Å². The molecule has 0 aromatic heterocycles. The highest BCUT2D eigenvalue weighted by Crippen LogP contribution is 2.09. The van der Waals surface area contributed by atoms with Crippen LogP contribution >= 0.6 is 0 Å². The minimum absolute atomic E-state index is 0.848. The van der Waals surface area contributed by atoms with Crippen molar-refractivity contribution in [2.45, 2.75) is 20.8 Å². The van der Waals surface area contributed by atoms with Crippen LogP contribution in [0.1, 0.15) is 25.0 Å². The van der Waals surface area contributed by atoms with Gasteiger partial charge in [0.05, 0.1) is 0 Å². The van der Waals surface area contributed by atoms with E-state index < -0.39 is 0 Å². The summed E-state index contributed by atoms with van der Waals surface area (Å²) in [4.78, 5) is 4.33. The highest BCUT2D eigenvalue weighted by atomic mass is 14.7. The molecule has 0 aliphatic rings. The van der Waals surface area contributed by atoms with Crippen molar-refractivity contribution in [3.8, 4) is 0 Å². The fraction of sp³-hybridized carbons (Fsp3) is 0.250. The first-order valence-corrected chi connectivity index (χ1v) is 4.38. The number of hydrogen-bond donors (Lipinski definition) is 0. The van der Waals surface area contributed by atoms with Crippen LogP contribution in [0.4, 0.5) is 0 Å². The van der Waals surface area contributed by atoms with Crippen molar-refractivity contribution < 1.29 is 0 Å². The maximum absolute atomic E-state index is 4.33. The summed E-state index contributed by atoms with van der Waals surface area (Å²) in [7, 11) is 0. The second-order valence-corrected chi connectivity index (χ2v) is 3.25. The van der Waals surface area contributed by atoms with Gasteiger partial charge in [0, 0.05) is 11.4 Å². The van der Waals surface area contributed by atoms with Crippen LogP contribution in [0.3, 0.4) is 0 Å². The third-order valence-corrected chi connectivity index (χ3v) is 1.89. The standard InChI is InChI=1S/C12H15N/c1-9(2)13-11(4)12-8-6-5-7-10(12)3/h5-8H,1H2,2-4H3. The maximum atomic E-state index is 4.33. The Morgan fingerprint density at radius 2 is 1.85 bits per heavy atom. The molecule has 0 aliphatic carbocycles. The van der Waals surface area contributed by atoms with Crippen LogP contribution in [0.15, 0.2) is 41.5 Å². The van der Waals surface area contributed by atoms with Crippen LogP contribution in [-0.2, 0) is 0 Å². The summed E-state index contributed by atoms with van der Waals surface area (Å²) in [5, 5.41) is 0. The van der Waals surface area contributed by atoms with Crippen molar-refractivity contribution in [2.24, 2.45) is 4.99 Å². The van der Waals surface area contributed by atoms with Crippen LogP contribution in [0.5, 0.6) is 0 Å². The summed E-state index contributed by atoms with van der Waals surface area (Å²) < 4.78 is 0. The van der Waals surface area contributed by atoms with Gasteiger partial charge < -0.3 is 0 Å². The summed E-state index contributed by atoms with van der Waals surface area (Å²) in [5.74, 6) is 0. The average Bonchev–Trinajstić information content (AvgIpc) is 2.03. The van der Waals surface area contributed by atoms with E-state index in [2.05, 4.69) is 30.6 Å². The van der Waals surface area contributed by atoms with Crippen molar-refractivity contribution in [1.82, 2.24) is 0 Å². The fourth-order valence-electron chi connectivity index (χ4n) is 1.33. The number of aryl methyl sites for hydroxylation is 1. The Balaban J connectivity index is 3.08. The molecule has 13 heavy (non-hydrogen) atoms. The van der Waals surface area contributed by atoms with Crippen LogP contribution in [-0.4, -0.2) is 5.71 Å². The molecule has 0 amide bonds. The molecule has 1 aromatic rings. The van der Waals surface area contributed by atoms with E-state index in [0.29, 0.717) is 0 Å². The first-order chi connectivity index (χ1) is 6.11. The van der Waals surface area contributed by atoms with Gasteiger partial charge in [-0.25, -0.2) is 0 Å². The van der Waals surface area contributed by atoms with E-state index in [1.54, 1.807) is 0 Å². The van der Waals surface area contributed by atoms with Crippen molar-refractivity contribution in [1.29, 1.82) is 0 Å². The van der Waals surface area contributed by atoms with E-state index in [1.165, 1.54) is 11.1 Å². The lowest BCUT2D eigenvalue weighted by Gasteiger charge is -2.04. The molecule has 0 spiro atoms. The summed E-state index contributed by atoms with van der Waals surface area (Å²) >= 11 is 0. The molecule has 0 unspecified atom stereocenters. The van der Waals surface area contributed by atoms with E-state index >= 15 is 0 Å². The van der Waals surface area contributed by atoms with Gasteiger partial charge in [0.25, 0.3) is 0 Å². The topological polar surface area (TPSA) is 12.4 Å². The molecular formula is C12H15N. The summed E-state index contributed by atoms with van der Waals surface area (Å²) in [6.45, 7) is 9.77. The van der Waals surface area contributed by atoms with Gasteiger partial charge in [0.2, 0.25) is 0 Å². The van der Waals surface area contributed by atoms with Gasteiger partial charge in [0.15, 0.2) is 0 Å². The van der Waals surface area contributed by atoms with E-state index in [0.717, 1.165) is 11.4 Å². The first kappa shape index (κ1) is 9.72. The lowest BCUT2D eigenvalue weighted by Crippen LogP contribution is -1.97. The Hall–Kier alpha value is -1.37. The third-order valence-electron chi connectivity index (χ3n) is 1.89. The maximum Gasteiger partial charge on any atom is 0.0450 e. The molecule has 0 radical (unpaired) electrons. The lowest BCUT2D eigenvalue weighted by molar-refractivity contribution is 1.30. The average molecular weight is 173 g/mol. The minimum atomic E-state index is 0.848. The molecule has 0 atom stereocenters. The zero-order valence-corrected chi connectivity index (χ0v) is 8.46. The molecule has 1 nitrogen and oxygen atoms in total. The van der Waals surface area contributed by atoms with Crippen LogP contribution < -0.4 is 0 Å². The van der Waals surface area contributed by atoms with E-state index in [4.69, 9.17) is 0 Å². The number of rotatable bonds is 2. The molecule has 0 aliphatic heterocycles. The number of aliphatic imine (C=N–C) groups is 1. The zero-order valence-electron chi connectivity index (χ0n) is 8.46. The second-order valence-electron chi connectivity index (χ2n) is 3.25. The molecule has 1 heteroatoms. The van der Waals surface area contributed by atoms with Crippen LogP contribution in [0.25, 0.3) is 0 Å². The van der Waals surface area contributed by atoms with E-state index in [9.17, 15) is 0 Å². The Morgan fingerprint density at radius 3 is 2.38 bits per heavy atom. The summed E-state index contributed by atoms with van der Waals surface area (Å²) in [6.07, 6.45) is 0. The fourth-order valence-corrected chi connectivity index (χ4v) is 1.33. The van der Waals surface area contributed by atoms with Gasteiger partial charge >= 0.3 is 0 Å². The highest BCUT2D eigenvalue weighted by Gasteiger charge is 1.99. The molecule has 0 bridgehead atoms. The summed E-state index contributed by atoms with van der Waals surface area (Å²) in [6, 6.07) is 8.23. The van der Waals surface area contributed by atoms with Crippen molar-refractivity contribution >= 4 is 5.71 Å². The molecule has 1 aromatic carbocycles. The SMILES string of the molecule is C=C(C)N=C(C)c1ccccc1C. The normalized spacial score (nSPS) is 11.5. The zero-order chi connectivity index (χ0) is 9.84. The van der Waals surface area contributed by atoms with Crippen LogP contribution in [0, 0.1) is 6.92 Å². The predicted molar refractivity (Wildman–Crippen MR) is 58.2 cm³/mol. The number of nitrogens with zero attached hydrogens (tertiary/aromatic N) is 1. The lowest BCUT2D eigenvalue weighted by atomic mass is 10.1. The van der Waals surface area contributed by atoms with E-state index in [1.807, 2.05) is 26.0 Å². The molecule has 0 saturated heterocycles. The molecule has 0 heterocycles. The van der Waals surface area contributed by atoms with Crippen molar-refractivity contribution in [3.05, 3.63) is 47.7 Å². The van der Waals surface area contributed by atoms with Gasteiger partial charge in [-0.2, -0.15) is 0 Å². The van der Waals surface area contributed by atoms with E-state index in [-0.39, 0.29) is 0 Å². The Kier molecular flexibility index (Phi) is 3.02. The molecule has 1 rings (SSSR count). The minimum Gasteiger partial charge on any atom is -0.258 e. The monoisotopic (exact) mass is 173 g/mol. The van der Waals surface area contributed by atoms with Crippen molar-refractivity contribution in [2.75, 3.05) is 0 Å². The van der Waals surface area contributed by atoms with Gasteiger partial charge in [-0.3, -0.25) is 4.99 Å². The van der Waals surface area contributed by atoms with Crippen molar-refractivity contribution in [3.63, 3.8) is 0 Å². The quantitative estimate of drug-likeness (QED) is 0.608. The van der Waals surface area contributed by atoms with Gasteiger partial charge in [0.1, 0.15) is 0 Å². The second kappa shape index (κ2) is 4.04. The largest absolute Gasteiger partial charge is 0.258 e. The smallest absolute Gasteiger partial charge is 0.0450 e. The first-order valence-electron chi connectivity index (χ1n) is 4.38. The molecule has 0 saturated carbocycles. The number of allylic oxidation sites excluding steroid dienone is 1. The van der Waals surface area contributed by atoms with Gasteiger partial charge in [-0.05, 0) is 31.9 Å². The van der Waals surface area contributed by atoms with Gasteiger partial charge in [-0.1, -0.05) is 30.8 Å².